The number of nitrogens with zero attached hydrogens (tertiary/aromatic N) is 1. The van der Waals surface area contributed by atoms with Crippen LogP contribution in [-0.2, 0) is 14.8 Å². The number of rotatable bonds is 8. The quantitative estimate of drug-likeness (QED) is 0.443. The summed E-state index contributed by atoms with van der Waals surface area (Å²) in [6.07, 6.45) is 2.34. The molecule has 1 saturated carbocycles. The van der Waals surface area contributed by atoms with Gasteiger partial charge in [-0.05, 0) is 18.8 Å². The van der Waals surface area contributed by atoms with Gasteiger partial charge in [0.05, 0.1) is 11.5 Å². The SMILES string of the molecule is O=[N+]([O-])c1cc(S(=O)(=O)NCCOCC2CC2)sc1Cl. The normalized spacial score (nSPS) is 15.4. The molecule has 0 radical (unpaired) electrons. The molecule has 1 aliphatic rings. The summed E-state index contributed by atoms with van der Waals surface area (Å²) in [6.45, 7) is 1.05. The number of sulfonamides is 1. The maximum Gasteiger partial charge on any atom is 0.300 e. The van der Waals surface area contributed by atoms with Crippen molar-refractivity contribution in [1.82, 2.24) is 4.72 Å². The summed E-state index contributed by atoms with van der Waals surface area (Å²) in [6, 6.07) is 0.959. The van der Waals surface area contributed by atoms with Gasteiger partial charge in [0.15, 0.2) is 4.34 Å². The Balaban J connectivity index is 1.88. The highest BCUT2D eigenvalue weighted by atomic mass is 35.5. The molecule has 1 aliphatic carbocycles. The van der Waals surface area contributed by atoms with Crippen LogP contribution < -0.4 is 4.72 Å². The van der Waals surface area contributed by atoms with Crippen molar-refractivity contribution in [2.45, 2.75) is 17.1 Å². The van der Waals surface area contributed by atoms with Crippen LogP contribution in [0.25, 0.3) is 0 Å². The number of nitrogens with one attached hydrogen (secondary N) is 1. The second-order valence-electron chi connectivity index (χ2n) is 4.40. The first-order valence-corrected chi connectivity index (χ1v) is 8.59. The van der Waals surface area contributed by atoms with Crippen molar-refractivity contribution in [3.05, 3.63) is 20.5 Å². The topological polar surface area (TPSA) is 98.5 Å². The van der Waals surface area contributed by atoms with Gasteiger partial charge in [0, 0.05) is 19.2 Å². The molecule has 0 atom stereocenters. The van der Waals surface area contributed by atoms with Crippen LogP contribution in [0, 0.1) is 16.0 Å². The van der Waals surface area contributed by atoms with E-state index in [1.54, 1.807) is 0 Å². The maximum atomic E-state index is 11.9. The van der Waals surface area contributed by atoms with Crippen molar-refractivity contribution >= 4 is 38.6 Å². The van der Waals surface area contributed by atoms with Gasteiger partial charge in [-0.1, -0.05) is 11.6 Å². The Labute approximate surface area is 125 Å². The maximum absolute atomic E-state index is 11.9. The lowest BCUT2D eigenvalue weighted by atomic mass is 10.5. The molecule has 20 heavy (non-hydrogen) atoms. The summed E-state index contributed by atoms with van der Waals surface area (Å²) in [5.74, 6) is 0.616. The lowest BCUT2D eigenvalue weighted by molar-refractivity contribution is -0.384. The lowest BCUT2D eigenvalue weighted by Gasteiger charge is -2.05. The lowest BCUT2D eigenvalue weighted by Crippen LogP contribution is -2.27. The van der Waals surface area contributed by atoms with Crippen LogP contribution in [0.1, 0.15) is 12.8 Å². The van der Waals surface area contributed by atoms with Crippen LogP contribution in [0.2, 0.25) is 4.34 Å². The largest absolute Gasteiger partial charge is 0.380 e. The molecule has 0 aromatic carbocycles. The minimum Gasteiger partial charge on any atom is -0.380 e. The van der Waals surface area contributed by atoms with E-state index in [0.29, 0.717) is 23.9 Å². The van der Waals surface area contributed by atoms with Gasteiger partial charge in [0.1, 0.15) is 4.21 Å². The number of thiophene rings is 1. The minimum absolute atomic E-state index is 0.123. The van der Waals surface area contributed by atoms with E-state index in [2.05, 4.69) is 4.72 Å². The van der Waals surface area contributed by atoms with Gasteiger partial charge in [-0.2, -0.15) is 0 Å². The molecule has 10 heteroatoms. The third kappa shape index (κ3) is 4.13. The van der Waals surface area contributed by atoms with Crippen LogP contribution in [0.3, 0.4) is 0 Å². The molecular weight excluding hydrogens is 328 g/mol. The summed E-state index contributed by atoms with van der Waals surface area (Å²) in [7, 11) is -3.78. The molecule has 7 nitrogen and oxygen atoms in total. The van der Waals surface area contributed by atoms with Gasteiger partial charge in [-0.3, -0.25) is 10.1 Å². The molecule has 1 aromatic rings. The minimum atomic E-state index is -3.78. The predicted octanol–water partition coefficient (Wildman–Crippen LogP) is 2.01. The number of hydrogen-bond acceptors (Lipinski definition) is 6. The number of ether oxygens (including phenoxy) is 1. The summed E-state index contributed by atoms with van der Waals surface area (Å²) in [4.78, 5) is 9.91. The molecule has 0 bridgehead atoms. The van der Waals surface area contributed by atoms with Gasteiger partial charge in [-0.25, -0.2) is 13.1 Å². The zero-order chi connectivity index (χ0) is 14.8. The fourth-order valence-corrected chi connectivity index (χ4v) is 4.17. The Kier molecular flexibility index (Phi) is 4.97. The Morgan fingerprint density at radius 1 is 1.55 bits per heavy atom. The summed E-state index contributed by atoms with van der Waals surface area (Å²) in [5, 5.41) is 10.6. The Hall–Kier alpha value is -0.740. The van der Waals surface area contributed by atoms with Crippen molar-refractivity contribution in [1.29, 1.82) is 0 Å². The Morgan fingerprint density at radius 3 is 2.80 bits per heavy atom. The standard InChI is InChI=1S/C10H13ClN2O5S2/c11-10-8(13(14)15)5-9(19-10)20(16,17)12-3-4-18-6-7-1-2-7/h5,7,12H,1-4,6H2. The molecule has 0 spiro atoms. The molecule has 1 N–H and O–H groups in total. The van der Waals surface area contributed by atoms with Gasteiger partial charge < -0.3 is 4.74 Å². The highest BCUT2D eigenvalue weighted by Crippen LogP contribution is 2.36. The predicted molar refractivity (Wildman–Crippen MR) is 74.7 cm³/mol. The van der Waals surface area contributed by atoms with Crippen molar-refractivity contribution < 1.29 is 18.1 Å². The van der Waals surface area contributed by atoms with Gasteiger partial charge >= 0.3 is 0 Å². The van der Waals surface area contributed by atoms with E-state index in [0.717, 1.165) is 6.07 Å². The fraction of sp³-hybridized carbons (Fsp3) is 0.600. The Bertz CT molecular complexity index is 597. The molecule has 112 valence electrons. The first-order chi connectivity index (χ1) is 9.40. The molecule has 0 unspecified atom stereocenters. The first-order valence-electron chi connectivity index (χ1n) is 5.91. The van der Waals surface area contributed by atoms with Crippen LogP contribution in [-0.4, -0.2) is 33.1 Å². The van der Waals surface area contributed by atoms with E-state index in [1.807, 2.05) is 0 Å². The zero-order valence-electron chi connectivity index (χ0n) is 10.4. The molecule has 1 heterocycles. The first kappa shape index (κ1) is 15.6. The number of halogens is 1. The van der Waals surface area contributed by atoms with E-state index < -0.39 is 20.6 Å². The second-order valence-corrected chi connectivity index (χ2v) is 8.05. The molecule has 0 aliphatic heterocycles. The molecule has 0 saturated heterocycles. The average molecular weight is 341 g/mol. The summed E-state index contributed by atoms with van der Waals surface area (Å²) in [5.41, 5.74) is -0.401. The fourth-order valence-electron chi connectivity index (χ4n) is 1.45. The highest BCUT2D eigenvalue weighted by molar-refractivity contribution is 7.91. The van der Waals surface area contributed by atoms with Crippen LogP contribution >= 0.6 is 22.9 Å². The summed E-state index contributed by atoms with van der Waals surface area (Å²) >= 11 is 6.29. The third-order valence-electron chi connectivity index (χ3n) is 2.70. The smallest absolute Gasteiger partial charge is 0.300 e. The average Bonchev–Trinajstić information content (AvgIpc) is 3.09. The molecule has 2 rings (SSSR count). The van der Waals surface area contributed by atoms with Crippen molar-refractivity contribution in [3.63, 3.8) is 0 Å². The zero-order valence-corrected chi connectivity index (χ0v) is 12.8. The molecular formula is C10H13ClN2O5S2. The van der Waals surface area contributed by atoms with E-state index in [1.165, 1.54) is 12.8 Å². The van der Waals surface area contributed by atoms with Crippen LogP contribution in [0.15, 0.2) is 10.3 Å². The van der Waals surface area contributed by atoms with E-state index in [4.69, 9.17) is 16.3 Å². The van der Waals surface area contributed by atoms with E-state index in [9.17, 15) is 18.5 Å². The third-order valence-corrected chi connectivity index (χ3v) is 5.97. The second kappa shape index (κ2) is 6.35. The van der Waals surface area contributed by atoms with Crippen molar-refractivity contribution in [2.24, 2.45) is 5.92 Å². The van der Waals surface area contributed by atoms with E-state index >= 15 is 0 Å². The summed E-state index contributed by atoms with van der Waals surface area (Å²) < 4.78 is 31.1. The van der Waals surface area contributed by atoms with Gasteiger partial charge in [0.25, 0.3) is 5.69 Å². The molecule has 1 aromatic heterocycles. The molecule has 1 fully saturated rings. The number of hydrogen-bond donors (Lipinski definition) is 1. The van der Waals surface area contributed by atoms with Gasteiger partial charge in [-0.15, -0.1) is 11.3 Å². The highest BCUT2D eigenvalue weighted by Gasteiger charge is 2.25. The number of nitro groups is 1. The Morgan fingerprint density at radius 2 is 2.25 bits per heavy atom. The van der Waals surface area contributed by atoms with Crippen LogP contribution in [0.5, 0.6) is 0 Å². The van der Waals surface area contributed by atoms with Gasteiger partial charge in [0.2, 0.25) is 10.0 Å². The van der Waals surface area contributed by atoms with Crippen molar-refractivity contribution in [3.8, 4) is 0 Å². The molecule has 0 amide bonds. The van der Waals surface area contributed by atoms with Crippen LogP contribution in [0.4, 0.5) is 5.69 Å². The van der Waals surface area contributed by atoms with Crippen molar-refractivity contribution in [2.75, 3.05) is 19.8 Å². The monoisotopic (exact) mass is 340 g/mol. The van der Waals surface area contributed by atoms with E-state index in [-0.39, 0.29) is 21.7 Å².